The highest BCUT2D eigenvalue weighted by Gasteiger charge is 2.25. The molecule has 0 atom stereocenters. The largest absolute Gasteiger partial charge is 0.486 e. The summed E-state index contributed by atoms with van der Waals surface area (Å²) in [5, 5.41) is 3.99. The van der Waals surface area contributed by atoms with E-state index < -0.39 is 0 Å². The fourth-order valence-corrected chi connectivity index (χ4v) is 3.56. The van der Waals surface area contributed by atoms with Crippen molar-refractivity contribution in [3.05, 3.63) is 88.6 Å². The van der Waals surface area contributed by atoms with Crippen LogP contribution < -0.4 is 14.8 Å². The zero-order valence-corrected chi connectivity index (χ0v) is 16.9. The average molecular weight is 434 g/mol. The summed E-state index contributed by atoms with van der Waals surface area (Å²) >= 11 is 5.91. The molecule has 3 aromatic carbocycles. The molecule has 0 spiro atoms. The molecule has 0 saturated carbocycles. The Morgan fingerprint density at radius 2 is 1.55 bits per heavy atom. The molecule has 6 nitrogen and oxygen atoms in total. The van der Waals surface area contributed by atoms with E-state index in [0.29, 0.717) is 57.5 Å². The van der Waals surface area contributed by atoms with Gasteiger partial charge in [-0.15, -0.1) is 0 Å². The van der Waals surface area contributed by atoms with Crippen LogP contribution in [0.25, 0.3) is 11.0 Å². The fourth-order valence-electron chi connectivity index (χ4n) is 3.43. The van der Waals surface area contributed by atoms with E-state index in [4.69, 9.17) is 25.5 Å². The van der Waals surface area contributed by atoms with Gasteiger partial charge in [-0.1, -0.05) is 23.7 Å². The van der Waals surface area contributed by atoms with Crippen molar-refractivity contribution in [1.82, 2.24) is 0 Å². The molecule has 2 heterocycles. The predicted molar refractivity (Wildman–Crippen MR) is 116 cm³/mol. The third-order valence-electron chi connectivity index (χ3n) is 4.95. The van der Waals surface area contributed by atoms with Gasteiger partial charge in [-0.2, -0.15) is 0 Å². The van der Waals surface area contributed by atoms with Crippen LogP contribution in [0.1, 0.15) is 26.5 Å². The molecule has 1 aromatic heterocycles. The zero-order chi connectivity index (χ0) is 21.4. The lowest BCUT2D eigenvalue weighted by Gasteiger charge is -2.18. The standard InChI is InChI=1S/C24H16ClNO5/c25-16-8-5-14(6-9-16)24(28)26-21-17-3-1-2-4-18(17)31-23(21)22(27)15-7-10-19-20(13-15)30-12-11-29-19/h1-10,13H,11-12H2,(H,26,28). The molecule has 4 aromatic rings. The maximum atomic E-state index is 13.3. The molecule has 0 bridgehead atoms. The number of ether oxygens (including phenoxy) is 2. The number of carbonyl (C=O) groups excluding carboxylic acids is 2. The van der Waals surface area contributed by atoms with E-state index in [1.165, 1.54) is 0 Å². The van der Waals surface area contributed by atoms with Crippen LogP contribution in [0.2, 0.25) is 5.02 Å². The lowest BCUT2D eigenvalue weighted by atomic mass is 10.1. The van der Waals surface area contributed by atoms with Crippen molar-refractivity contribution < 1.29 is 23.5 Å². The number of hydrogen-bond acceptors (Lipinski definition) is 5. The first-order valence-electron chi connectivity index (χ1n) is 9.63. The normalized spacial score (nSPS) is 12.5. The molecule has 31 heavy (non-hydrogen) atoms. The molecule has 5 rings (SSSR count). The van der Waals surface area contributed by atoms with E-state index in [1.807, 2.05) is 6.07 Å². The van der Waals surface area contributed by atoms with Gasteiger partial charge in [0.15, 0.2) is 17.3 Å². The topological polar surface area (TPSA) is 77.8 Å². The van der Waals surface area contributed by atoms with Gasteiger partial charge in [-0.05, 0) is 54.6 Å². The van der Waals surface area contributed by atoms with Crippen molar-refractivity contribution >= 4 is 39.9 Å². The third kappa shape index (κ3) is 3.62. The van der Waals surface area contributed by atoms with Crippen LogP contribution in [-0.2, 0) is 0 Å². The minimum atomic E-state index is -0.376. The molecule has 0 radical (unpaired) electrons. The smallest absolute Gasteiger partial charge is 0.255 e. The summed E-state index contributed by atoms with van der Waals surface area (Å²) in [6, 6.07) is 18.6. The fraction of sp³-hybridized carbons (Fsp3) is 0.0833. The van der Waals surface area contributed by atoms with Crippen molar-refractivity contribution in [1.29, 1.82) is 0 Å². The van der Waals surface area contributed by atoms with Gasteiger partial charge in [0.2, 0.25) is 5.78 Å². The lowest BCUT2D eigenvalue weighted by Crippen LogP contribution is -2.16. The molecule has 1 amide bonds. The summed E-state index contributed by atoms with van der Waals surface area (Å²) in [6.07, 6.45) is 0. The quantitative estimate of drug-likeness (QED) is 0.439. The van der Waals surface area contributed by atoms with Crippen molar-refractivity contribution in [3.63, 3.8) is 0 Å². The lowest BCUT2D eigenvalue weighted by molar-refractivity contribution is 0.101. The summed E-state index contributed by atoms with van der Waals surface area (Å²) in [4.78, 5) is 26.2. The van der Waals surface area contributed by atoms with Gasteiger partial charge in [-0.3, -0.25) is 9.59 Å². The summed E-state index contributed by atoms with van der Waals surface area (Å²) in [6.45, 7) is 0.877. The molecule has 0 aliphatic carbocycles. The van der Waals surface area contributed by atoms with Gasteiger partial charge in [-0.25, -0.2) is 0 Å². The highest BCUT2D eigenvalue weighted by atomic mass is 35.5. The molecular formula is C24H16ClNO5. The molecule has 0 unspecified atom stereocenters. The van der Waals surface area contributed by atoms with Crippen LogP contribution in [0.3, 0.4) is 0 Å². The highest BCUT2D eigenvalue weighted by Crippen LogP contribution is 2.35. The van der Waals surface area contributed by atoms with Gasteiger partial charge in [0.05, 0.1) is 5.69 Å². The van der Waals surface area contributed by atoms with Gasteiger partial charge in [0.1, 0.15) is 18.8 Å². The van der Waals surface area contributed by atoms with Crippen LogP contribution in [0, 0.1) is 0 Å². The number of hydrogen-bond donors (Lipinski definition) is 1. The number of anilines is 1. The third-order valence-corrected chi connectivity index (χ3v) is 5.20. The predicted octanol–water partition coefficient (Wildman–Crippen LogP) is 5.34. The number of furan rings is 1. The minimum Gasteiger partial charge on any atom is -0.486 e. The first-order chi connectivity index (χ1) is 15.1. The SMILES string of the molecule is O=C(Nc1c(C(=O)c2ccc3c(c2)OCCO3)oc2ccccc12)c1ccc(Cl)cc1. The second kappa shape index (κ2) is 7.81. The van der Waals surface area contributed by atoms with Crippen molar-refractivity contribution in [2.75, 3.05) is 18.5 Å². The minimum absolute atomic E-state index is 0.0418. The maximum Gasteiger partial charge on any atom is 0.255 e. The van der Waals surface area contributed by atoms with E-state index in [1.54, 1.807) is 60.7 Å². The maximum absolute atomic E-state index is 13.3. The summed E-state index contributed by atoms with van der Waals surface area (Å²) in [5.74, 6) is 0.378. The van der Waals surface area contributed by atoms with Crippen LogP contribution in [0.4, 0.5) is 5.69 Å². The molecular weight excluding hydrogens is 418 g/mol. The Morgan fingerprint density at radius 1 is 0.839 bits per heavy atom. The number of para-hydroxylation sites is 1. The first-order valence-corrected chi connectivity index (χ1v) is 10.0. The molecule has 0 saturated heterocycles. The first kappa shape index (κ1) is 19.2. The Balaban J connectivity index is 1.55. The van der Waals surface area contributed by atoms with Gasteiger partial charge < -0.3 is 19.2 Å². The Labute approximate surface area is 182 Å². The van der Waals surface area contributed by atoms with E-state index in [0.717, 1.165) is 0 Å². The number of fused-ring (bicyclic) bond motifs is 2. The molecule has 1 aliphatic rings. The van der Waals surface area contributed by atoms with Crippen molar-refractivity contribution in [2.45, 2.75) is 0 Å². The van der Waals surface area contributed by atoms with E-state index in [-0.39, 0.29) is 17.5 Å². The number of rotatable bonds is 4. The summed E-state index contributed by atoms with van der Waals surface area (Å²) in [5.41, 5.74) is 1.59. The highest BCUT2D eigenvalue weighted by molar-refractivity contribution is 6.30. The Bertz CT molecular complexity index is 1310. The Kier molecular flexibility index (Phi) is 4.84. The van der Waals surface area contributed by atoms with Crippen LogP contribution in [0.15, 0.2) is 71.1 Å². The van der Waals surface area contributed by atoms with Gasteiger partial charge in [0.25, 0.3) is 5.91 Å². The molecule has 1 aliphatic heterocycles. The summed E-state index contributed by atoms with van der Waals surface area (Å²) in [7, 11) is 0. The monoisotopic (exact) mass is 433 g/mol. The van der Waals surface area contributed by atoms with E-state index >= 15 is 0 Å². The van der Waals surface area contributed by atoms with Crippen LogP contribution >= 0.6 is 11.6 Å². The second-order valence-electron chi connectivity index (χ2n) is 6.95. The Hall–Kier alpha value is -3.77. The van der Waals surface area contributed by atoms with Crippen molar-refractivity contribution in [2.24, 2.45) is 0 Å². The Morgan fingerprint density at radius 3 is 2.35 bits per heavy atom. The number of benzene rings is 3. The van der Waals surface area contributed by atoms with Crippen molar-refractivity contribution in [3.8, 4) is 11.5 Å². The molecule has 7 heteroatoms. The van der Waals surface area contributed by atoms with Crippen LogP contribution in [0.5, 0.6) is 11.5 Å². The van der Waals surface area contributed by atoms with E-state index in [9.17, 15) is 9.59 Å². The zero-order valence-electron chi connectivity index (χ0n) is 16.2. The number of carbonyl (C=O) groups is 2. The van der Waals surface area contributed by atoms with Gasteiger partial charge >= 0.3 is 0 Å². The molecule has 0 fully saturated rings. The van der Waals surface area contributed by atoms with Crippen LogP contribution in [-0.4, -0.2) is 24.9 Å². The van der Waals surface area contributed by atoms with E-state index in [2.05, 4.69) is 5.32 Å². The number of amides is 1. The average Bonchev–Trinajstić information content (AvgIpc) is 3.17. The molecule has 154 valence electrons. The molecule has 1 N–H and O–H groups in total. The number of halogens is 1. The second-order valence-corrected chi connectivity index (χ2v) is 7.39. The number of ketones is 1. The number of nitrogens with one attached hydrogen (secondary N) is 1. The summed E-state index contributed by atoms with van der Waals surface area (Å²) < 4.78 is 17.0. The van der Waals surface area contributed by atoms with Gasteiger partial charge in [0, 0.05) is 21.5 Å².